The van der Waals surface area contributed by atoms with Crippen LogP contribution < -0.4 is 10.6 Å². The topological polar surface area (TPSA) is 128 Å². The largest absolute Gasteiger partial charge is 0.444 e. The number of carbonyl (C=O) groups excluding carboxylic acids is 3. The van der Waals surface area contributed by atoms with Crippen molar-refractivity contribution in [2.75, 3.05) is 26.3 Å². The Hall–Kier alpha value is -3.09. The van der Waals surface area contributed by atoms with Crippen LogP contribution in [-0.4, -0.2) is 71.0 Å². The fourth-order valence-electron chi connectivity index (χ4n) is 3.03. The molecule has 2 atom stereocenters. The standard InChI is InChI=1S/C24H35N3O6/c1-6-8-13-25-21(30)20(18-11-9-17(7-2)10-12-18)27(14-15-28)22(31)19(16-29)26-23(32)33-24(3,4)5/h2,9-12,19-20,28-29H,6,8,13-16H2,1,3-5H3,(H,25,30)(H,26,32). The van der Waals surface area contributed by atoms with Crippen molar-refractivity contribution in [2.24, 2.45) is 0 Å². The number of aliphatic hydroxyl groups is 2. The summed E-state index contributed by atoms with van der Waals surface area (Å²) in [6, 6.07) is 4.07. The van der Waals surface area contributed by atoms with Crippen LogP contribution in [0.4, 0.5) is 4.79 Å². The van der Waals surface area contributed by atoms with Gasteiger partial charge in [-0.25, -0.2) is 4.79 Å². The number of rotatable bonds is 11. The van der Waals surface area contributed by atoms with Crippen molar-refractivity contribution in [1.29, 1.82) is 0 Å². The molecule has 182 valence electrons. The number of benzene rings is 1. The number of hydrogen-bond donors (Lipinski definition) is 4. The van der Waals surface area contributed by atoms with Gasteiger partial charge in [0.25, 0.3) is 0 Å². The molecule has 0 aromatic heterocycles. The van der Waals surface area contributed by atoms with Crippen LogP contribution in [0.25, 0.3) is 0 Å². The maximum atomic E-state index is 13.3. The van der Waals surface area contributed by atoms with E-state index in [0.717, 1.165) is 17.7 Å². The van der Waals surface area contributed by atoms with Crippen molar-refractivity contribution < 1.29 is 29.3 Å². The molecule has 0 heterocycles. The van der Waals surface area contributed by atoms with E-state index < -0.39 is 48.8 Å². The molecule has 0 aliphatic carbocycles. The van der Waals surface area contributed by atoms with Gasteiger partial charge in [0.15, 0.2) is 0 Å². The summed E-state index contributed by atoms with van der Waals surface area (Å²) in [6.45, 7) is 6.03. The van der Waals surface area contributed by atoms with E-state index in [-0.39, 0.29) is 6.54 Å². The molecule has 1 aromatic rings. The number of aliphatic hydroxyl groups excluding tert-OH is 2. The Bertz CT molecular complexity index is 826. The highest BCUT2D eigenvalue weighted by atomic mass is 16.6. The molecule has 0 fully saturated rings. The second-order valence-corrected chi connectivity index (χ2v) is 8.45. The molecule has 0 radical (unpaired) electrons. The number of nitrogens with one attached hydrogen (secondary N) is 2. The number of alkyl carbamates (subject to hydrolysis) is 1. The van der Waals surface area contributed by atoms with E-state index in [1.165, 1.54) is 0 Å². The Labute approximate surface area is 195 Å². The predicted molar refractivity (Wildman–Crippen MR) is 124 cm³/mol. The zero-order valence-corrected chi connectivity index (χ0v) is 19.8. The highest BCUT2D eigenvalue weighted by molar-refractivity contribution is 5.92. The molecular weight excluding hydrogens is 426 g/mol. The minimum Gasteiger partial charge on any atom is -0.444 e. The van der Waals surface area contributed by atoms with Crippen molar-refractivity contribution >= 4 is 17.9 Å². The van der Waals surface area contributed by atoms with E-state index in [4.69, 9.17) is 11.2 Å². The first-order valence-corrected chi connectivity index (χ1v) is 10.9. The SMILES string of the molecule is C#Cc1ccc(C(C(=O)NCCCC)N(CCO)C(=O)C(CO)NC(=O)OC(C)(C)C)cc1. The van der Waals surface area contributed by atoms with Crippen molar-refractivity contribution in [1.82, 2.24) is 15.5 Å². The summed E-state index contributed by atoms with van der Waals surface area (Å²) >= 11 is 0. The first-order valence-electron chi connectivity index (χ1n) is 10.9. The quantitative estimate of drug-likeness (QED) is 0.291. The van der Waals surface area contributed by atoms with Crippen LogP contribution >= 0.6 is 0 Å². The van der Waals surface area contributed by atoms with Gasteiger partial charge in [-0.3, -0.25) is 9.59 Å². The van der Waals surface area contributed by atoms with Crippen LogP contribution in [0.1, 0.15) is 57.7 Å². The van der Waals surface area contributed by atoms with E-state index in [0.29, 0.717) is 17.7 Å². The molecule has 1 rings (SSSR count). The summed E-state index contributed by atoms with van der Waals surface area (Å²) in [7, 11) is 0. The molecular formula is C24H35N3O6. The number of nitrogens with zero attached hydrogens (tertiary/aromatic N) is 1. The van der Waals surface area contributed by atoms with Crippen molar-refractivity contribution in [2.45, 2.75) is 58.2 Å². The summed E-state index contributed by atoms with van der Waals surface area (Å²) in [5, 5.41) is 24.6. The molecule has 9 nitrogen and oxygen atoms in total. The molecule has 2 unspecified atom stereocenters. The maximum Gasteiger partial charge on any atom is 0.408 e. The minimum atomic E-state index is -1.37. The lowest BCUT2D eigenvalue weighted by Gasteiger charge is -2.33. The number of carbonyl (C=O) groups is 3. The van der Waals surface area contributed by atoms with Crippen LogP contribution in [0.15, 0.2) is 24.3 Å². The minimum absolute atomic E-state index is 0.200. The van der Waals surface area contributed by atoms with Gasteiger partial charge in [0.2, 0.25) is 11.8 Å². The maximum absolute atomic E-state index is 13.3. The van der Waals surface area contributed by atoms with Gasteiger partial charge >= 0.3 is 6.09 Å². The molecule has 0 bridgehead atoms. The molecule has 0 spiro atoms. The van der Waals surface area contributed by atoms with Gasteiger partial charge in [0, 0.05) is 18.7 Å². The van der Waals surface area contributed by atoms with Gasteiger partial charge in [-0.15, -0.1) is 6.42 Å². The Morgan fingerprint density at radius 2 is 1.82 bits per heavy atom. The fourth-order valence-corrected chi connectivity index (χ4v) is 3.03. The summed E-state index contributed by atoms with van der Waals surface area (Å²) in [5.41, 5.74) is 0.265. The predicted octanol–water partition coefficient (Wildman–Crippen LogP) is 1.33. The summed E-state index contributed by atoms with van der Waals surface area (Å²) < 4.78 is 5.16. The van der Waals surface area contributed by atoms with Crippen LogP contribution in [0, 0.1) is 12.3 Å². The second-order valence-electron chi connectivity index (χ2n) is 8.45. The molecule has 4 N–H and O–H groups in total. The molecule has 1 aromatic carbocycles. The van der Waals surface area contributed by atoms with E-state index >= 15 is 0 Å². The molecule has 9 heteroatoms. The summed E-state index contributed by atoms with van der Waals surface area (Å²) in [5.74, 6) is 1.30. The smallest absolute Gasteiger partial charge is 0.408 e. The van der Waals surface area contributed by atoms with Crippen LogP contribution in [0.3, 0.4) is 0 Å². The molecule has 0 aliphatic heterocycles. The number of terminal acetylenes is 1. The Morgan fingerprint density at radius 1 is 1.18 bits per heavy atom. The lowest BCUT2D eigenvalue weighted by atomic mass is 10.0. The molecule has 0 aliphatic rings. The zero-order valence-electron chi connectivity index (χ0n) is 19.8. The first-order chi connectivity index (χ1) is 15.6. The van der Waals surface area contributed by atoms with E-state index in [9.17, 15) is 24.6 Å². The van der Waals surface area contributed by atoms with Crippen molar-refractivity contribution in [3.05, 3.63) is 35.4 Å². The average Bonchev–Trinajstić information content (AvgIpc) is 2.76. The van der Waals surface area contributed by atoms with Gasteiger partial charge < -0.3 is 30.5 Å². The second kappa shape index (κ2) is 13.5. The molecule has 3 amide bonds. The Kier molecular flexibility index (Phi) is 11.4. The number of unbranched alkanes of at least 4 members (excludes halogenated alkanes) is 1. The van der Waals surface area contributed by atoms with E-state index in [1.807, 2.05) is 6.92 Å². The Balaban J connectivity index is 3.28. The third-order valence-electron chi connectivity index (χ3n) is 4.58. The van der Waals surface area contributed by atoms with Gasteiger partial charge in [0.1, 0.15) is 17.7 Å². The normalized spacial score (nSPS) is 12.8. The van der Waals surface area contributed by atoms with Crippen molar-refractivity contribution in [3.8, 4) is 12.3 Å². The molecule has 0 saturated carbocycles. The number of ether oxygens (including phenoxy) is 1. The average molecular weight is 462 g/mol. The van der Waals surface area contributed by atoms with Crippen LogP contribution in [-0.2, 0) is 14.3 Å². The third-order valence-corrected chi connectivity index (χ3v) is 4.58. The Morgan fingerprint density at radius 3 is 2.30 bits per heavy atom. The highest BCUT2D eigenvalue weighted by Gasteiger charge is 2.35. The monoisotopic (exact) mass is 461 g/mol. The first kappa shape index (κ1) is 27.9. The zero-order chi connectivity index (χ0) is 25.0. The lowest BCUT2D eigenvalue weighted by Crippen LogP contribution is -2.55. The van der Waals surface area contributed by atoms with Crippen molar-refractivity contribution in [3.63, 3.8) is 0 Å². The lowest BCUT2D eigenvalue weighted by molar-refractivity contribution is -0.143. The number of amides is 3. The van der Waals surface area contributed by atoms with Gasteiger partial charge in [-0.05, 0) is 44.9 Å². The van der Waals surface area contributed by atoms with Gasteiger partial charge in [-0.1, -0.05) is 31.4 Å². The van der Waals surface area contributed by atoms with Crippen LogP contribution in [0.5, 0.6) is 0 Å². The van der Waals surface area contributed by atoms with E-state index in [2.05, 4.69) is 16.6 Å². The number of hydrogen-bond acceptors (Lipinski definition) is 6. The highest BCUT2D eigenvalue weighted by Crippen LogP contribution is 2.23. The fraction of sp³-hybridized carbons (Fsp3) is 0.542. The third kappa shape index (κ3) is 9.12. The summed E-state index contributed by atoms with van der Waals surface area (Å²) in [4.78, 5) is 39.7. The van der Waals surface area contributed by atoms with Gasteiger partial charge in [-0.2, -0.15) is 0 Å². The molecule has 0 saturated heterocycles. The summed E-state index contributed by atoms with van der Waals surface area (Å²) in [6.07, 6.45) is 6.15. The molecule has 33 heavy (non-hydrogen) atoms. The van der Waals surface area contributed by atoms with E-state index in [1.54, 1.807) is 45.0 Å². The van der Waals surface area contributed by atoms with Gasteiger partial charge in [0.05, 0.1) is 13.2 Å². The van der Waals surface area contributed by atoms with Crippen LogP contribution in [0.2, 0.25) is 0 Å².